The second-order valence-corrected chi connectivity index (χ2v) is 7.29. The Labute approximate surface area is 173 Å². The highest BCUT2D eigenvalue weighted by Gasteiger charge is 2.35. The zero-order valence-electron chi connectivity index (χ0n) is 15.7. The van der Waals surface area contributed by atoms with E-state index in [0.717, 1.165) is 11.3 Å². The molecule has 2 aromatic carbocycles. The Morgan fingerprint density at radius 3 is 2.55 bits per heavy atom. The molecule has 0 radical (unpaired) electrons. The number of aromatic nitrogens is 1. The molecule has 1 aliphatic rings. The third-order valence-electron chi connectivity index (χ3n) is 5.09. The maximum atomic E-state index is 13.6. The highest BCUT2D eigenvalue weighted by molar-refractivity contribution is 6.31. The molecule has 0 saturated heterocycles. The number of nitriles is 1. The predicted molar refractivity (Wildman–Crippen MR) is 112 cm³/mol. The minimum absolute atomic E-state index is 0.00970. The fourth-order valence-electron chi connectivity index (χ4n) is 3.67. The number of aryl methyl sites for hydroxylation is 1. The van der Waals surface area contributed by atoms with Gasteiger partial charge in [-0.2, -0.15) is 5.26 Å². The number of benzene rings is 2. The van der Waals surface area contributed by atoms with Crippen LogP contribution in [-0.4, -0.2) is 4.57 Å². The quantitative estimate of drug-likeness (QED) is 0.714. The van der Waals surface area contributed by atoms with Gasteiger partial charge in [0.25, 0.3) is 5.56 Å². The first-order chi connectivity index (χ1) is 14.0. The molecule has 4 rings (SSSR count). The van der Waals surface area contributed by atoms with Gasteiger partial charge in [-0.15, -0.1) is 0 Å². The number of hydrogen-bond donors (Lipinski definition) is 1. The van der Waals surface area contributed by atoms with Crippen LogP contribution in [0.1, 0.15) is 28.3 Å². The highest BCUT2D eigenvalue weighted by Crippen LogP contribution is 2.42. The van der Waals surface area contributed by atoms with Gasteiger partial charge in [-0.3, -0.25) is 4.79 Å². The van der Waals surface area contributed by atoms with Crippen molar-refractivity contribution >= 4 is 11.6 Å². The van der Waals surface area contributed by atoms with E-state index in [1.165, 1.54) is 0 Å². The molecule has 0 bridgehead atoms. The number of fused-ring (bicyclic) bond motifs is 1. The zero-order chi connectivity index (χ0) is 20.5. The number of pyridine rings is 1. The first-order valence-electron chi connectivity index (χ1n) is 9.11. The minimum Gasteiger partial charge on any atom is -0.440 e. The Balaban J connectivity index is 1.96. The monoisotopic (exact) mass is 403 g/mol. The van der Waals surface area contributed by atoms with Gasteiger partial charge >= 0.3 is 0 Å². The Morgan fingerprint density at radius 1 is 1.17 bits per heavy atom. The van der Waals surface area contributed by atoms with Crippen LogP contribution in [0.25, 0.3) is 0 Å². The summed E-state index contributed by atoms with van der Waals surface area (Å²) in [7, 11) is 0. The second kappa shape index (κ2) is 7.50. The molecule has 0 unspecified atom stereocenters. The lowest BCUT2D eigenvalue weighted by Crippen LogP contribution is -2.33. The molecule has 0 saturated carbocycles. The fraction of sp³-hybridized carbons (Fsp3) is 0.130. The van der Waals surface area contributed by atoms with Crippen molar-refractivity contribution in [2.45, 2.75) is 19.4 Å². The standard InChI is InChI=1S/C23H18ClN3O2/c1-14-11-19-21(23(28)27(14)13-15-7-3-2-4-8-15)20(17(12-25)22(26)29-19)16-9-5-6-10-18(16)24/h2-11,20H,13,26H2,1H3/t20-/m0/s1. The summed E-state index contributed by atoms with van der Waals surface area (Å²) in [5, 5.41) is 10.2. The molecule has 29 heavy (non-hydrogen) atoms. The van der Waals surface area contributed by atoms with Gasteiger partial charge in [0, 0.05) is 16.8 Å². The molecule has 1 atom stereocenters. The van der Waals surface area contributed by atoms with Crippen LogP contribution in [-0.2, 0) is 6.54 Å². The second-order valence-electron chi connectivity index (χ2n) is 6.89. The van der Waals surface area contributed by atoms with E-state index in [0.29, 0.717) is 28.4 Å². The van der Waals surface area contributed by atoms with Crippen molar-refractivity contribution in [3.63, 3.8) is 0 Å². The van der Waals surface area contributed by atoms with Gasteiger partial charge in [-0.05, 0) is 24.1 Å². The molecule has 2 heterocycles. The molecule has 0 aliphatic carbocycles. The molecule has 0 fully saturated rings. The number of allylic oxidation sites excluding steroid dienone is 1. The lowest BCUT2D eigenvalue weighted by molar-refractivity contribution is 0.389. The summed E-state index contributed by atoms with van der Waals surface area (Å²) in [6, 6.07) is 20.8. The summed E-state index contributed by atoms with van der Waals surface area (Å²) in [5.74, 6) is -0.338. The Kier molecular flexibility index (Phi) is 4.87. The van der Waals surface area contributed by atoms with Crippen molar-refractivity contribution in [1.29, 1.82) is 5.26 Å². The van der Waals surface area contributed by atoms with E-state index in [1.54, 1.807) is 28.8 Å². The third kappa shape index (κ3) is 3.28. The van der Waals surface area contributed by atoms with E-state index in [1.807, 2.05) is 43.3 Å². The maximum Gasteiger partial charge on any atom is 0.259 e. The average Bonchev–Trinajstić information content (AvgIpc) is 2.71. The largest absolute Gasteiger partial charge is 0.440 e. The molecular weight excluding hydrogens is 386 g/mol. The van der Waals surface area contributed by atoms with Gasteiger partial charge in [0.2, 0.25) is 5.88 Å². The predicted octanol–water partition coefficient (Wildman–Crippen LogP) is 4.08. The molecule has 1 aliphatic heterocycles. The molecule has 3 aromatic rings. The van der Waals surface area contributed by atoms with E-state index in [4.69, 9.17) is 22.1 Å². The maximum absolute atomic E-state index is 13.6. The van der Waals surface area contributed by atoms with Gasteiger partial charge < -0.3 is 15.0 Å². The number of hydrogen-bond acceptors (Lipinski definition) is 4. The van der Waals surface area contributed by atoms with E-state index in [9.17, 15) is 10.1 Å². The van der Waals surface area contributed by atoms with Crippen LogP contribution in [0.4, 0.5) is 0 Å². The number of ether oxygens (including phenoxy) is 1. The van der Waals surface area contributed by atoms with Crippen LogP contribution in [0, 0.1) is 18.3 Å². The van der Waals surface area contributed by atoms with Crippen molar-refractivity contribution in [3.05, 3.63) is 110 Å². The van der Waals surface area contributed by atoms with Crippen molar-refractivity contribution in [3.8, 4) is 11.8 Å². The van der Waals surface area contributed by atoms with Gasteiger partial charge in [0.05, 0.1) is 18.0 Å². The van der Waals surface area contributed by atoms with Crippen LogP contribution in [0.5, 0.6) is 5.75 Å². The SMILES string of the molecule is Cc1cc2c(c(=O)n1Cc1ccccc1)[C@@H](c1ccccc1Cl)C(C#N)=C(N)O2. The van der Waals surface area contributed by atoms with Gasteiger partial charge in [-0.25, -0.2) is 0 Å². The molecule has 5 nitrogen and oxygen atoms in total. The summed E-state index contributed by atoms with van der Waals surface area (Å²) in [4.78, 5) is 13.6. The normalized spacial score (nSPS) is 15.4. The van der Waals surface area contributed by atoms with E-state index in [-0.39, 0.29) is 17.0 Å². The third-order valence-corrected chi connectivity index (χ3v) is 5.43. The minimum atomic E-state index is -0.687. The molecule has 6 heteroatoms. The zero-order valence-corrected chi connectivity index (χ0v) is 16.5. The molecule has 144 valence electrons. The van der Waals surface area contributed by atoms with E-state index >= 15 is 0 Å². The summed E-state index contributed by atoms with van der Waals surface area (Å²) >= 11 is 6.42. The topological polar surface area (TPSA) is 81.0 Å². The van der Waals surface area contributed by atoms with Gasteiger partial charge in [-0.1, -0.05) is 60.1 Å². The van der Waals surface area contributed by atoms with Crippen molar-refractivity contribution in [2.75, 3.05) is 0 Å². The van der Waals surface area contributed by atoms with Crippen molar-refractivity contribution in [1.82, 2.24) is 4.57 Å². The molecule has 1 aromatic heterocycles. The lowest BCUT2D eigenvalue weighted by atomic mass is 9.84. The van der Waals surface area contributed by atoms with E-state index in [2.05, 4.69) is 6.07 Å². The van der Waals surface area contributed by atoms with Gasteiger partial charge in [0.15, 0.2) is 0 Å². The Hall–Kier alpha value is -3.49. The molecular formula is C23H18ClN3O2. The van der Waals surface area contributed by atoms with E-state index < -0.39 is 5.92 Å². The Bertz CT molecular complexity index is 1220. The molecule has 2 N–H and O–H groups in total. The average molecular weight is 404 g/mol. The smallest absolute Gasteiger partial charge is 0.259 e. The molecule has 0 spiro atoms. The number of nitrogens with two attached hydrogens (primary N) is 1. The fourth-order valence-corrected chi connectivity index (χ4v) is 3.91. The van der Waals surface area contributed by atoms with Crippen LogP contribution < -0.4 is 16.0 Å². The van der Waals surface area contributed by atoms with Crippen molar-refractivity contribution in [2.24, 2.45) is 5.73 Å². The lowest BCUT2D eigenvalue weighted by Gasteiger charge is -2.27. The van der Waals surface area contributed by atoms with Crippen molar-refractivity contribution < 1.29 is 4.74 Å². The summed E-state index contributed by atoms with van der Waals surface area (Å²) in [6.07, 6.45) is 0. The van der Waals surface area contributed by atoms with Crippen LogP contribution >= 0.6 is 11.6 Å². The number of halogens is 1. The number of rotatable bonds is 3. The summed E-state index contributed by atoms with van der Waals surface area (Å²) < 4.78 is 7.35. The van der Waals surface area contributed by atoms with Crippen LogP contribution in [0.3, 0.4) is 0 Å². The first kappa shape index (κ1) is 18.9. The van der Waals surface area contributed by atoms with Crippen LogP contribution in [0.2, 0.25) is 5.02 Å². The first-order valence-corrected chi connectivity index (χ1v) is 9.49. The van der Waals surface area contributed by atoms with Crippen LogP contribution in [0.15, 0.2) is 76.9 Å². The summed E-state index contributed by atoms with van der Waals surface area (Å²) in [6.45, 7) is 2.26. The van der Waals surface area contributed by atoms with Gasteiger partial charge in [0.1, 0.15) is 17.4 Å². The highest BCUT2D eigenvalue weighted by atomic mass is 35.5. The number of nitrogens with zero attached hydrogens (tertiary/aromatic N) is 2. The summed E-state index contributed by atoms with van der Waals surface area (Å²) in [5.41, 5.74) is 8.73. The molecule has 0 amide bonds. The Morgan fingerprint density at radius 2 is 1.86 bits per heavy atom.